The van der Waals surface area contributed by atoms with Crippen LogP contribution in [0.4, 0.5) is 0 Å². The number of hydrogen-bond donors (Lipinski definition) is 2. The molecular weight excluding hydrogens is 234 g/mol. The Bertz CT molecular complexity index is 162. The minimum Gasteiger partial charge on any atom is -0.391 e. The SMILES string of the molecule is CCC(O)CNC(=O)C(Br)C(C)C. The van der Waals surface area contributed by atoms with Crippen LogP contribution in [0.15, 0.2) is 0 Å². The van der Waals surface area contributed by atoms with Crippen molar-refractivity contribution in [2.24, 2.45) is 5.92 Å². The van der Waals surface area contributed by atoms with Crippen molar-refractivity contribution in [1.82, 2.24) is 5.32 Å². The molecule has 0 aliphatic carbocycles. The molecule has 0 fully saturated rings. The summed E-state index contributed by atoms with van der Waals surface area (Å²) in [6.07, 6.45) is 0.227. The molecule has 78 valence electrons. The fourth-order valence-corrected chi connectivity index (χ4v) is 0.925. The summed E-state index contributed by atoms with van der Waals surface area (Å²) in [5.41, 5.74) is 0. The van der Waals surface area contributed by atoms with E-state index < -0.39 is 6.10 Å². The van der Waals surface area contributed by atoms with Gasteiger partial charge >= 0.3 is 0 Å². The average Bonchev–Trinajstić information content (AvgIpc) is 2.11. The van der Waals surface area contributed by atoms with Crippen molar-refractivity contribution < 1.29 is 9.90 Å². The summed E-state index contributed by atoms with van der Waals surface area (Å²) in [5.74, 6) is 0.210. The summed E-state index contributed by atoms with van der Waals surface area (Å²) in [6.45, 7) is 6.15. The Labute approximate surface area is 88.0 Å². The second-order valence-corrected chi connectivity index (χ2v) is 4.44. The van der Waals surface area contributed by atoms with Crippen LogP contribution in [0.1, 0.15) is 27.2 Å². The molecule has 0 saturated carbocycles. The molecule has 0 aromatic rings. The first-order valence-electron chi connectivity index (χ1n) is 4.58. The highest BCUT2D eigenvalue weighted by molar-refractivity contribution is 9.10. The summed E-state index contributed by atoms with van der Waals surface area (Å²) in [5, 5.41) is 11.9. The lowest BCUT2D eigenvalue weighted by Crippen LogP contribution is -2.38. The zero-order chi connectivity index (χ0) is 10.4. The molecule has 0 saturated heterocycles. The van der Waals surface area contributed by atoms with Gasteiger partial charge in [0, 0.05) is 6.54 Å². The van der Waals surface area contributed by atoms with E-state index in [1.807, 2.05) is 20.8 Å². The molecule has 2 atom stereocenters. The summed E-state index contributed by atoms with van der Waals surface area (Å²) < 4.78 is 0. The number of alkyl halides is 1. The maximum absolute atomic E-state index is 11.3. The summed E-state index contributed by atoms with van der Waals surface area (Å²) in [6, 6.07) is 0. The maximum atomic E-state index is 11.3. The lowest BCUT2D eigenvalue weighted by molar-refractivity contribution is -0.121. The number of carbonyl (C=O) groups excluding carboxylic acids is 1. The smallest absolute Gasteiger partial charge is 0.234 e. The first-order chi connectivity index (χ1) is 5.99. The van der Waals surface area contributed by atoms with E-state index in [9.17, 15) is 9.90 Å². The molecule has 0 aliphatic rings. The van der Waals surface area contributed by atoms with Crippen LogP contribution in [0.25, 0.3) is 0 Å². The van der Waals surface area contributed by atoms with Gasteiger partial charge in [0.1, 0.15) is 0 Å². The first-order valence-corrected chi connectivity index (χ1v) is 5.50. The summed E-state index contributed by atoms with van der Waals surface area (Å²) in [7, 11) is 0. The van der Waals surface area contributed by atoms with Crippen LogP contribution in [0.2, 0.25) is 0 Å². The van der Waals surface area contributed by atoms with Gasteiger partial charge in [-0.15, -0.1) is 0 Å². The topological polar surface area (TPSA) is 49.3 Å². The van der Waals surface area contributed by atoms with Crippen LogP contribution in [-0.2, 0) is 4.79 Å². The highest BCUT2D eigenvalue weighted by Gasteiger charge is 2.18. The van der Waals surface area contributed by atoms with Gasteiger partial charge in [-0.2, -0.15) is 0 Å². The van der Waals surface area contributed by atoms with Gasteiger partial charge in [0.25, 0.3) is 0 Å². The zero-order valence-electron chi connectivity index (χ0n) is 8.38. The maximum Gasteiger partial charge on any atom is 0.234 e. The molecule has 0 aliphatic heterocycles. The Kier molecular flexibility index (Phi) is 6.33. The standard InChI is InChI=1S/C9H18BrNO2/c1-4-7(12)5-11-9(13)8(10)6(2)3/h6-8,12H,4-5H2,1-3H3,(H,11,13). The van der Waals surface area contributed by atoms with E-state index in [0.717, 1.165) is 0 Å². The van der Waals surface area contributed by atoms with Gasteiger partial charge in [0.2, 0.25) is 5.91 Å². The van der Waals surface area contributed by atoms with E-state index in [2.05, 4.69) is 21.2 Å². The molecule has 0 aromatic heterocycles. The Hall–Kier alpha value is -0.0900. The molecule has 13 heavy (non-hydrogen) atoms. The van der Waals surface area contributed by atoms with Gasteiger partial charge in [-0.3, -0.25) is 4.79 Å². The number of nitrogens with one attached hydrogen (secondary N) is 1. The third kappa shape index (κ3) is 5.26. The van der Waals surface area contributed by atoms with Gasteiger partial charge in [-0.1, -0.05) is 36.7 Å². The predicted octanol–water partition coefficient (Wildman–Crippen LogP) is 1.29. The lowest BCUT2D eigenvalue weighted by Gasteiger charge is -2.15. The normalized spacial score (nSPS) is 15.5. The average molecular weight is 252 g/mol. The van der Waals surface area contributed by atoms with E-state index in [-0.39, 0.29) is 16.7 Å². The Balaban J connectivity index is 3.74. The highest BCUT2D eigenvalue weighted by Crippen LogP contribution is 2.11. The Morgan fingerprint density at radius 2 is 2.08 bits per heavy atom. The van der Waals surface area contributed by atoms with E-state index in [1.54, 1.807) is 0 Å². The first kappa shape index (κ1) is 12.9. The zero-order valence-corrected chi connectivity index (χ0v) is 9.97. The van der Waals surface area contributed by atoms with E-state index in [4.69, 9.17) is 0 Å². The molecule has 3 nitrogen and oxygen atoms in total. The molecule has 0 rings (SSSR count). The molecule has 0 aromatic carbocycles. The second-order valence-electron chi connectivity index (χ2n) is 3.45. The van der Waals surface area contributed by atoms with Crippen molar-refractivity contribution in [1.29, 1.82) is 0 Å². The van der Waals surface area contributed by atoms with Gasteiger partial charge in [-0.05, 0) is 12.3 Å². The minimum atomic E-state index is -0.434. The fourth-order valence-electron chi connectivity index (χ4n) is 0.763. The number of carbonyl (C=O) groups is 1. The molecule has 2 unspecified atom stereocenters. The fraction of sp³-hybridized carbons (Fsp3) is 0.889. The third-order valence-electron chi connectivity index (χ3n) is 1.82. The van der Waals surface area contributed by atoms with Crippen molar-refractivity contribution in [3.05, 3.63) is 0 Å². The largest absolute Gasteiger partial charge is 0.391 e. The van der Waals surface area contributed by atoms with Gasteiger partial charge in [-0.25, -0.2) is 0 Å². The van der Waals surface area contributed by atoms with Crippen LogP contribution in [0, 0.1) is 5.92 Å². The lowest BCUT2D eigenvalue weighted by atomic mass is 10.1. The van der Waals surface area contributed by atoms with Crippen LogP contribution in [0.5, 0.6) is 0 Å². The summed E-state index contributed by atoms with van der Waals surface area (Å²) >= 11 is 3.29. The number of halogens is 1. The van der Waals surface area contributed by atoms with E-state index in [1.165, 1.54) is 0 Å². The van der Waals surface area contributed by atoms with Crippen LogP contribution < -0.4 is 5.32 Å². The Morgan fingerprint density at radius 1 is 1.54 bits per heavy atom. The monoisotopic (exact) mass is 251 g/mol. The van der Waals surface area contributed by atoms with Crippen LogP contribution in [-0.4, -0.2) is 28.5 Å². The number of rotatable bonds is 5. The van der Waals surface area contributed by atoms with Crippen molar-refractivity contribution in [2.75, 3.05) is 6.54 Å². The van der Waals surface area contributed by atoms with Crippen LogP contribution in [0.3, 0.4) is 0 Å². The molecule has 0 spiro atoms. The van der Waals surface area contributed by atoms with Crippen molar-refractivity contribution in [3.63, 3.8) is 0 Å². The van der Waals surface area contributed by atoms with Crippen LogP contribution >= 0.6 is 15.9 Å². The molecule has 2 N–H and O–H groups in total. The number of amides is 1. The van der Waals surface area contributed by atoms with Crippen molar-refractivity contribution in [2.45, 2.75) is 38.1 Å². The van der Waals surface area contributed by atoms with Gasteiger partial charge < -0.3 is 10.4 Å². The molecule has 0 bridgehead atoms. The molecule has 1 amide bonds. The second kappa shape index (κ2) is 6.38. The Morgan fingerprint density at radius 3 is 2.46 bits per heavy atom. The molecule has 0 radical (unpaired) electrons. The van der Waals surface area contributed by atoms with Gasteiger partial charge in [0.15, 0.2) is 0 Å². The number of aliphatic hydroxyl groups excluding tert-OH is 1. The quantitative estimate of drug-likeness (QED) is 0.724. The summed E-state index contributed by atoms with van der Waals surface area (Å²) in [4.78, 5) is 11.2. The highest BCUT2D eigenvalue weighted by atomic mass is 79.9. The molecule has 4 heteroatoms. The van der Waals surface area contributed by atoms with E-state index in [0.29, 0.717) is 13.0 Å². The molecular formula is C9H18BrNO2. The number of hydrogen-bond acceptors (Lipinski definition) is 2. The van der Waals surface area contributed by atoms with Gasteiger partial charge in [0.05, 0.1) is 10.9 Å². The van der Waals surface area contributed by atoms with Crippen molar-refractivity contribution in [3.8, 4) is 0 Å². The third-order valence-corrected chi connectivity index (χ3v) is 3.29. The predicted molar refractivity (Wildman–Crippen MR) is 56.9 cm³/mol. The molecule has 0 heterocycles. The number of aliphatic hydroxyl groups is 1. The minimum absolute atomic E-state index is 0.0532. The van der Waals surface area contributed by atoms with Crippen molar-refractivity contribution >= 4 is 21.8 Å². The van der Waals surface area contributed by atoms with E-state index >= 15 is 0 Å².